The molecule has 0 heterocycles. The van der Waals surface area contributed by atoms with Gasteiger partial charge in [-0.3, -0.25) is 0 Å². The molecule has 1 nitrogen and oxygen atoms in total. The third-order valence-electron chi connectivity index (χ3n) is 0.512. The third kappa shape index (κ3) is 73.6. The van der Waals surface area contributed by atoms with Crippen molar-refractivity contribution in [1.29, 1.82) is 0 Å². The first-order valence-electron chi connectivity index (χ1n) is 2.02. The maximum Gasteiger partial charge on any atom is 0.0430 e. The summed E-state index contributed by atoms with van der Waals surface area (Å²) >= 11 is 0. The van der Waals surface area contributed by atoms with E-state index in [-0.39, 0.29) is 29.7 Å². The van der Waals surface area contributed by atoms with Gasteiger partial charge in [-0.15, -0.1) is 0 Å². The molecule has 0 aromatic rings. The van der Waals surface area contributed by atoms with E-state index in [1.807, 2.05) is 0 Å². The van der Waals surface area contributed by atoms with Gasteiger partial charge in [0.25, 0.3) is 0 Å². The Labute approximate surface area is 62.1 Å². The van der Waals surface area contributed by atoms with Gasteiger partial charge in [-0.25, -0.2) is 0 Å². The Kier molecular flexibility index (Phi) is 177. The molecule has 0 saturated heterocycles. The fourth-order valence-corrected chi connectivity index (χ4v) is 0.158. The van der Waals surface area contributed by atoms with E-state index in [0.717, 1.165) is 12.8 Å². The minimum atomic E-state index is 0. The van der Waals surface area contributed by atoms with Gasteiger partial charge in [0.05, 0.1) is 0 Å². The van der Waals surface area contributed by atoms with Crippen molar-refractivity contribution >= 4 is 0 Å². The maximum atomic E-state index is 8.07. The summed E-state index contributed by atoms with van der Waals surface area (Å²) in [5.41, 5.74) is 0. The van der Waals surface area contributed by atoms with E-state index in [1.165, 1.54) is 0 Å². The highest BCUT2D eigenvalue weighted by molar-refractivity contribution is 4.23. The van der Waals surface area contributed by atoms with Crippen molar-refractivity contribution in [2.45, 2.75) is 49.5 Å². The number of aliphatic hydroxyl groups excluding tert-OH is 1. The van der Waals surface area contributed by atoms with E-state index in [0.29, 0.717) is 6.61 Å². The summed E-state index contributed by atoms with van der Waals surface area (Å²) in [6.45, 7) is 2.40. The van der Waals surface area contributed by atoms with E-state index in [1.54, 1.807) is 0 Å². The average molecular weight is 138 g/mol. The van der Waals surface area contributed by atoms with Crippen LogP contribution in [0.5, 0.6) is 0 Å². The number of rotatable bonds is 2. The Morgan fingerprint density at radius 3 is 1.33 bits per heavy atom. The van der Waals surface area contributed by atoms with Gasteiger partial charge in [0.1, 0.15) is 0 Å². The topological polar surface area (TPSA) is 20.2 Å². The van der Waals surface area contributed by atoms with Gasteiger partial charge in [-0.1, -0.05) is 43.1 Å². The molecule has 0 unspecified atom stereocenters. The largest absolute Gasteiger partial charge is 0.396 e. The van der Waals surface area contributed by atoms with Crippen molar-refractivity contribution in [2.75, 3.05) is 6.61 Å². The molecule has 0 aromatic carbocycles. The number of hydrogen-bond donors (Lipinski definition) is 1. The molecule has 9 heavy (non-hydrogen) atoms. The van der Waals surface area contributed by atoms with Gasteiger partial charge in [-0.05, 0) is 6.42 Å². The molecule has 0 atom stereocenters. The van der Waals surface area contributed by atoms with Gasteiger partial charge in [0, 0.05) is 6.61 Å². The van der Waals surface area contributed by atoms with Crippen molar-refractivity contribution in [3.05, 3.63) is 0 Å². The van der Waals surface area contributed by atoms with Crippen molar-refractivity contribution in [3.8, 4) is 0 Å². The predicted molar refractivity (Wildman–Crippen MR) is 48.9 cm³/mol. The molecule has 0 spiro atoms. The lowest BCUT2D eigenvalue weighted by atomic mass is 10.4. The molecular formula is C8H26O. The number of aliphatic hydroxyl groups is 1. The lowest BCUT2D eigenvalue weighted by molar-refractivity contribution is 0.287. The Morgan fingerprint density at radius 1 is 1.00 bits per heavy atom. The molecule has 0 fully saturated rings. The maximum absolute atomic E-state index is 8.07. The molecule has 1 N–H and O–H groups in total. The molecule has 1 heteroatoms. The van der Waals surface area contributed by atoms with Gasteiger partial charge in [0.2, 0.25) is 0 Å². The van der Waals surface area contributed by atoms with Crippen molar-refractivity contribution in [1.82, 2.24) is 0 Å². The van der Waals surface area contributed by atoms with Crippen LogP contribution in [0.25, 0.3) is 0 Å². The van der Waals surface area contributed by atoms with Crippen LogP contribution in [0.3, 0.4) is 0 Å². The fourth-order valence-electron chi connectivity index (χ4n) is 0.158. The SMILES string of the molecule is C.C.C.C.CCCCO. The minimum absolute atomic E-state index is 0. The highest BCUT2D eigenvalue weighted by Gasteiger charge is 1.69. The lowest BCUT2D eigenvalue weighted by Crippen LogP contribution is -1.75. The molecule has 0 aliphatic rings. The first kappa shape index (κ1) is 36.2. The van der Waals surface area contributed by atoms with E-state index in [2.05, 4.69) is 6.92 Å². The molecule has 0 rings (SSSR count). The van der Waals surface area contributed by atoms with E-state index in [4.69, 9.17) is 5.11 Å². The number of hydrogen-bond acceptors (Lipinski definition) is 1. The normalized spacial score (nSPS) is 4.67. The highest BCUT2D eigenvalue weighted by atomic mass is 16.2. The molecule has 0 bridgehead atoms. The molecule has 0 radical (unpaired) electrons. The molecule has 64 valence electrons. The zero-order valence-electron chi connectivity index (χ0n) is 3.57. The number of unbranched alkanes of at least 4 members (excludes halogenated alkanes) is 1. The van der Waals surface area contributed by atoms with E-state index >= 15 is 0 Å². The standard InChI is InChI=1S/C4H10O.4CH4/c1-2-3-4-5;;;;/h5H,2-4H2,1H3;4*1H4. The van der Waals surface area contributed by atoms with Crippen LogP contribution in [0.2, 0.25) is 0 Å². The predicted octanol–water partition coefficient (Wildman–Crippen LogP) is 3.32. The van der Waals surface area contributed by atoms with Crippen LogP contribution in [-0.2, 0) is 0 Å². The minimum Gasteiger partial charge on any atom is -0.396 e. The average Bonchev–Trinajstić information content (AvgIpc) is 1.41. The first-order chi connectivity index (χ1) is 2.41. The summed E-state index contributed by atoms with van der Waals surface area (Å²) in [6.07, 6.45) is 2.04. The lowest BCUT2D eigenvalue weighted by Gasteiger charge is -1.79. The molecule has 0 aliphatic heterocycles. The van der Waals surface area contributed by atoms with Crippen molar-refractivity contribution in [2.24, 2.45) is 0 Å². The quantitative estimate of drug-likeness (QED) is 0.620. The second-order valence-electron chi connectivity index (χ2n) is 1.08. The van der Waals surface area contributed by atoms with Gasteiger partial charge < -0.3 is 5.11 Å². The fraction of sp³-hybridized carbons (Fsp3) is 1.00. The Hall–Kier alpha value is -0.0400. The monoisotopic (exact) mass is 138 g/mol. The van der Waals surface area contributed by atoms with Crippen LogP contribution in [0.1, 0.15) is 49.5 Å². The van der Waals surface area contributed by atoms with Crippen LogP contribution in [0.4, 0.5) is 0 Å². The summed E-state index contributed by atoms with van der Waals surface area (Å²) < 4.78 is 0. The second-order valence-corrected chi connectivity index (χ2v) is 1.08. The molecular weight excluding hydrogens is 112 g/mol. The zero-order chi connectivity index (χ0) is 4.12. The van der Waals surface area contributed by atoms with Gasteiger partial charge >= 0.3 is 0 Å². The van der Waals surface area contributed by atoms with Gasteiger partial charge in [0.15, 0.2) is 0 Å². The zero-order valence-corrected chi connectivity index (χ0v) is 3.57. The Balaban J connectivity index is -0.0000000133. The van der Waals surface area contributed by atoms with E-state index < -0.39 is 0 Å². The summed E-state index contributed by atoms with van der Waals surface area (Å²) in [7, 11) is 0. The first-order valence-corrected chi connectivity index (χ1v) is 2.02. The smallest absolute Gasteiger partial charge is 0.0430 e. The molecule has 0 amide bonds. The second kappa shape index (κ2) is 44.0. The van der Waals surface area contributed by atoms with Gasteiger partial charge in [-0.2, -0.15) is 0 Å². The summed E-state index contributed by atoms with van der Waals surface area (Å²) in [5, 5.41) is 8.07. The van der Waals surface area contributed by atoms with Crippen LogP contribution >= 0.6 is 0 Å². The Morgan fingerprint density at radius 2 is 1.33 bits per heavy atom. The van der Waals surface area contributed by atoms with Crippen LogP contribution in [0.15, 0.2) is 0 Å². The summed E-state index contributed by atoms with van der Waals surface area (Å²) in [4.78, 5) is 0. The molecule has 0 saturated carbocycles. The van der Waals surface area contributed by atoms with Crippen molar-refractivity contribution < 1.29 is 5.11 Å². The molecule has 0 aliphatic carbocycles. The van der Waals surface area contributed by atoms with Crippen LogP contribution in [0, 0.1) is 0 Å². The third-order valence-corrected chi connectivity index (χ3v) is 0.512. The highest BCUT2D eigenvalue weighted by Crippen LogP contribution is 1.78. The van der Waals surface area contributed by atoms with E-state index in [9.17, 15) is 0 Å². The summed E-state index contributed by atoms with van der Waals surface area (Å²) in [5.74, 6) is 0. The van der Waals surface area contributed by atoms with Crippen LogP contribution < -0.4 is 0 Å². The molecule has 0 aromatic heterocycles. The Bertz CT molecular complexity index is 12.0. The summed E-state index contributed by atoms with van der Waals surface area (Å²) in [6, 6.07) is 0. The van der Waals surface area contributed by atoms with Crippen molar-refractivity contribution in [3.63, 3.8) is 0 Å². The van der Waals surface area contributed by atoms with Crippen LogP contribution in [-0.4, -0.2) is 11.7 Å².